The third kappa shape index (κ3) is 7.71. The van der Waals surface area contributed by atoms with Gasteiger partial charge in [0.05, 0.1) is 12.6 Å². The zero-order valence-electron chi connectivity index (χ0n) is 25.6. The summed E-state index contributed by atoms with van der Waals surface area (Å²) < 4.78 is 5.03. The van der Waals surface area contributed by atoms with E-state index in [1.807, 2.05) is 36.1 Å². The first-order valence-electron chi connectivity index (χ1n) is 15.9. The van der Waals surface area contributed by atoms with Gasteiger partial charge in [-0.3, -0.25) is 24.3 Å². The molecule has 2 aromatic rings. The zero-order chi connectivity index (χ0) is 29.6. The largest absolute Gasteiger partial charge is 0.508 e. The molecule has 0 radical (unpaired) electrons. The van der Waals surface area contributed by atoms with Crippen LogP contribution in [0, 0.1) is 5.92 Å². The van der Waals surface area contributed by atoms with Crippen molar-refractivity contribution in [2.24, 2.45) is 5.92 Å². The first-order chi connectivity index (χ1) is 20.3. The predicted molar refractivity (Wildman–Crippen MR) is 165 cm³/mol. The Bertz CT molecular complexity index is 1210. The molecule has 3 fully saturated rings. The molecule has 3 aliphatic rings. The average Bonchev–Trinajstić information content (AvgIpc) is 3.80. The SMILES string of the molecule is CCOC(=O)CCCN1CCN(C(=O)c2cccc(C(c3cccc(O)c3)N3C[C@@H](C)N(CC4CC4)C[C@@H]3C)c2)CC1. The molecule has 0 bridgehead atoms. The highest BCUT2D eigenvalue weighted by Gasteiger charge is 2.37. The first-order valence-corrected chi connectivity index (χ1v) is 15.9. The Morgan fingerprint density at radius 2 is 1.67 bits per heavy atom. The van der Waals surface area contributed by atoms with Crippen LogP contribution in [0.2, 0.25) is 0 Å². The van der Waals surface area contributed by atoms with Crippen molar-refractivity contribution in [1.82, 2.24) is 19.6 Å². The minimum Gasteiger partial charge on any atom is -0.508 e. The summed E-state index contributed by atoms with van der Waals surface area (Å²) in [6.07, 6.45) is 3.93. The Kier molecular flexibility index (Phi) is 10.2. The third-order valence-corrected chi connectivity index (χ3v) is 9.14. The van der Waals surface area contributed by atoms with E-state index in [-0.39, 0.29) is 23.7 Å². The van der Waals surface area contributed by atoms with Gasteiger partial charge in [0.1, 0.15) is 5.75 Å². The molecule has 2 aliphatic heterocycles. The molecule has 42 heavy (non-hydrogen) atoms. The van der Waals surface area contributed by atoms with Crippen LogP contribution in [0.3, 0.4) is 0 Å². The molecule has 1 N–H and O–H groups in total. The van der Waals surface area contributed by atoms with Gasteiger partial charge in [-0.1, -0.05) is 24.3 Å². The second-order valence-corrected chi connectivity index (χ2v) is 12.5. The van der Waals surface area contributed by atoms with Gasteiger partial charge >= 0.3 is 5.97 Å². The Morgan fingerprint density at radius 3 is 2.36 bits per heavy atom. The van der Waals surface area contributed by atoms with E-state index in [1.54, 1.807) is 6.07 Å². The van der Waals surface area contributed by atoms with Crippen LogP contribution in [-0.4, -0.2) is 108 Å². The second-order valence-electron chi connectivity index (χ2n) is 12.5. The van der Waals surface area contributed by atoms with Crippen LogP contribution in [0.5, 0.6) is 5.75 Å². The summed E-state index contributed by atoms with van der Waals surface area (Å²) in [6, 6.07) is 16.4. The number of carbonyl (C=O) groups is 2. The maximum atomic E-state index is 13.7. The highest BCUT2D eigenvalue weighted by molar-refractivity contribution is 5.94. The number of rotatable bonds is 11. The van der Waals surface area contributed by atoms with Crippen molar-refractivity contribution < 1.29 is 19.4 Å². The molecule has 0 spiro atoms. The van der Waals surface area contributed by atoms with Gasteiger partial charge in [-0.25, -0.2) is 0 Å². The van der Waals surface area contributed by atoms with Gasteiger partial charge in [0.25, 0.3) is 5.91 Å². The lowest BCUT2D eigenvalue weighted by atomic mass is 9.92. The molecular formula is C34H48N4O4. The van der Waals surface area contributed by atoms with Crippen molar-refractivity contribution in [3.05, 3.63) is 65.2 Å². The number of hydrogen-bond acceptors (Lipinski definition) is 7. The molecule has 0 aromatic heterocycles. The Hall–Kier alpha value is -2.94. The van der Waals surface area contributed by atoms with E-state index in [0.717, 1.165) is 56.2 Å². The van der Waals surface area contributed by atoms with Crippen molar-refractivity contribution in [3.63, 3.8) is 0 Å². The number of ether oxygens (including phenoxy) is 1. The second kappa shape index (κ2) is 14.0. The number of esters is 1. The summed E-state index contributed by atoms with van der Waals surface area (Å²) in [5.74, 6) is 1.05. The number of piperazine rings is 2. The molecule has 5 rings (SSSR count). The molecule has 2 saturated heterocycles. The van der Waals surface area contributed by atoms with Gasteiger partial charge in [0.15, 0.2) is 0 Å². The van der Waals surface area contributed by atoms with E-state index >= 15 is 0 Å². The zero-order valence-corrected chi connectivity index (χ0v) is 25.6. The molecule has 8 nitrogen and oxygen atoms in total. The normalized spacial score (nSPS) is 23.1. The third-order valence-electron chi connectivity index (χ3n) is 9.14. The maximum Gasteiger partial charge on any atom is 0.305 e. The molecule has 1 amide bonds. The molecule has 3 atom stereocenters. The quantitative estimate of drug-likeness (QED) is 0.398. The smallest absolute Gasteiger partial charge is 0.305 e. The summed E-state index contributed by atoms with van der Waals surface area (Å²) in [6.45, 7) is 13.8. The molecule has 1 aliphatic carbocycles. The van der Waals surface area contributed by atoms with Gasteiger partial charge < -0.3 is 14.7 Å². The standard InChI is InChI=1S/C34H48N4O4/c1-4-42-32(40)12-7-15-35-16-18-36(19-17-35)34(41)30-10-5-8-28(20-30)33(29-9-6-11-31(39)21-29)38-23-25(2)37(22-26(38)3)24-27-13-14-27/h5-6,8-11,20-21,25-27,33,39H,4,7,12-19,22-24H2,1-3H3/t25-,26+,33?/m1/s1. The fourth-order valence-corrected chi connectivity index (χ4v) is 6.62. The lowest BCUT2D eigenvalue weighted by molar-refractivity contribution is -0.143. The van der Waals surface area contributed by atoms with Gasteiger partial charge in [0, 0.05) is 69.9 Å². The van der Waals surface area contributed by atoms with Gasteiger partial charge in [-0.05, 0) is 87.9 Å². The summed E-state index contributed by atoms with van der Waals surface area (Å²) in [5, 5.41) is 10.4. The summed E-state index contributed by atoms with van der Waals surface area (Å²) in [4.78, 5) is 34.8. The maximum absolute atomic E-state index is 13.7. The van der Waals surface area contributed by atoms with Crippen molar-refractivity contribution in [2.75, 3.05) is 59.0 Å². The van der Waals surface area contributed by atoms with Crippen LogP contribution in [-0.2, 0) is 9.53 Å². The van der Waals surface area contributed by atoms with Crippen molar-refractivity contribution in [2.45, 2.75) is 64.6 Å². The van der Waals surface area contributed by atoms with Crippen LogP contribution >= 0.6 is 0 Å². The summed E-state index contributed by atoms with van der Waals surface area (Å²) in [5.41, 5.74) is 2.84. The average molecular weight is 577 g/mol. The van der Waals surface area contributed by atoms with E-state index in [0.29, 0.717) is 43.8 Å². The van der Waals surface area contributed by atoms with Crippen LogP contribution in [0.4, 0.5) is 0 Å². The first kappa shape index (κ1) is 30.5. The van der Waals surface area contributed by atoms with Gasteiger partial charge in [-0.15, -0.1) is 0 Å². The Labute approximate surface area is 251 Å². The fourth-order valence-electron chi connectivity index (χ4n) is 6.62. The molecule has 228 valence electrons. The Morgan fingerprint density at radius 1 is 0.952 bits per heavy atom. The lowest BCUT2D eigenvalue weighted by Gasteiger charge is -2.48. The van der Waals surface area contributed by atoms with E-state index in [4.69, 9.17) is 4.74 Å². The number of benzene rings is 2. The minimum atomic E-state index is -0.140. The van der Waals surface area contributed by atoms with Crippen LogP contribution in [0.15, 0.2) is 48.5 Å². The highest BCUT2D eigenvalue weighted by atomic mass is 16.5. The molecule has 8 heteroatoms. The van der Waals surface area contributed by atoms with Crippen LogP contribution < -0.4 is 0 Å². The number of nitrogens with zero attached hydrogens (tertiary/aromatic N) is 4. The van der Waals surface area contributed by atoms with Crippen LogP contribution in [0.1, 0.15) is 74.0 Å². The molecule has 1 saturated carbocycles. The number of aromatic hydroxyl groups is 1. The molecular weight excluding hydrogens is 528 g/mol. The van der Waals surface area contributed by atoms with E-state index < -0.39 is 0 Å². The summed E-state index contributed by atoms with van der Waals surface area (Å²) in [7, 11) is 0. The van der Waals surface area contributed by atoms with E-state index in [1.165, 1.54) is 19.4 Å². The monoisotopic (exact) mass is 576 g/mol. The molecule has 1 unspecified atom stereocenters. The lowest BCUT2D eigenvalue weighted by Crippen LogP contribution is -2.57. The van der Waals surface area contributed by atoms with E-state index in [9.17, 15) is 14.7 Å². The fraction of sp³-hybridized carbons (Fsp3) is 0.588. The van der Waals surface area contributed by atoms with Gasteiger partial charge in [-0.2, -0.15) is 0 Å². The number of hydrogen-bond donors (Lipinski definition) is 1. The van der Waals surface area contributed by atoms with Gasteiger partial charge in [0.2, 0.25) is 0 Å². The summed E-state index contributed by atoms with van der Waals surface area (Å²) >= 11 is 0. The topological polar surface area (TPSA) is 76.6 Å². The van der Waals surface area contributed by atoms with Crippen molar-refractivity contribution in [3.8, 4) is 5.75 Å². The number of amides is 1. The molecule has 2 aromatic carbocycles. The van der Waals surface area contributed by atoms with Crippen LogP contribution in [0.25, 0.3) is 0 Å². The van der Waals surface area contributed by atoms with E-state index in [2.05, 4.69) is 46.7 Å². The minimum absolute atomic E-state index is 0.0541. The Balaban J connectivity index is 1.28. The number of phenols is 1. The van der Waals surface area contributed by atoms with Crippen molar-refractivity contribution in [1.29, 1.82) is 0 Å². The number of phenolic OH excluding ortho intramolecular Hbond substituents is 1. The number of carbonyl (C=O) groups excluding carboxylic acids is 2. The van der Waals surface area contributed by atoms with Crippen molar-refractivity contribution >= 4 is 11.9 Å². The molecule has 2 heterocycles. The highest BCUT2D eigenvalue weighted by Crippen LogP contribution is 2.37. The predicted octanol–water partition coefficient (Wildman–Crippen LogP) is 4.39.